The van der Waals surface area contributed by atoms with Crippen molar-refractivity contribution in [1.29, 1.82) is 0 Å². The molecule has 0 aromatic rings. The van der Waals surface area contributed by atoms with Gasteiger partial charge in [0, 0.05) is 19.1 Å². The molecule has 0 radical (unpaired) electrons. The Kier molecular flexibility index (Phi) is 6.04. The van der Waals surface area contributed by atoms with Crippen molar-refractivity contribution in [3.63, 3.8) is 0 Å². The number of carbonyl (C=O) groups excluding carboxylic acids is 1. The highest BCUT2D eigenvalue weighted by molar-refractivity contribution is 5.85. The smallest absolute Gasteiger partial charge is 0.407 e. The second-order valence-electron chi connectivity index (χ2n) is 4.82. The molecule has 2 N–H and O–H groups in total. The van der Waals surface area contributed by atoms with E-state index in [2.05, 4.69) is 10.6 Å². The number of alkyl halides is 1. The topological polar surface area (TPSA) is 50.4 Å². The summed E-state index contributed by atoms with van der Waals surface area (Å²) in [5, 5.41) is 5.59. The number of amides is 1. The average molecular weight is 255 g/mol. The van der Waals surface area contributed by atoms with Crippen LogP contribution >= 0.6 is 12.4 Å². The van der Waals surface area contributed by atoms with E-state index < -0.39 is 17.9 Å². The normalized spacial score (nSPS) is 24.8. The van der Waals surface area contributed by atoms with Gasteiger partial charge in [-0.15, -0.1) is 12.4 Å². The van der Waals surface area contributed by atoms with E-state index in [0.717, 1.165) is 0 Å². The number of nitrogens with one attached hydrogen (secondary N) is 2. The Labute approximate surface area is 102 Å². The van der Waals surface area contributed by atoms with Crippen molar-refractivity contribution in [3.05, 3.63) is 0 Å². The number of ether oxygens (including phenoxy) is 1. The number of carbonyl (C=O) groups is 1. The maximum Gasteiger partial charge on any atom is 0.407 e. The minimum absolute atomic E-state index is 0. The summed E-state index contributed by atoms with van der Waals surface area (Å²) in [4.78, 5) is 11.2. The zero-order chi connectivity index (χ0) is 11.5. The van der Waals surface area contributed by atoms with Crippen LogP contribution in [0.5, 0.6) is 0 Å². The molecule has 1 heterocycles. The molecule has 6 heteroatoms. The number of rotatable bonds is 2. The highest BCUT2D eigenvalue weighted by atomic mass is 35.5. The lowest BCUT2D eigenvalue weighted by molar-refractivity contribution is 0.0523. The van der Waals surface area contributed by atoms with E-state index in [1.807, 2.05) is 0 Å². The standard InChI is InChI=1S/C10H19FN2O2.ClH/c1-10(2,3)15-9(14)13-6-8-4-7(11)5-12-8;/h7-8,12H,4-6H2,1-3H3,(H,13,14);1H. The lowest BCUT2D eigenvalue weighted by atomic mass is 10.2. The first-order valence-electron chi connectivity index (χ1n) is 5.21. The second-order valence-corrected chi connectivity index (χ2v) is 4.82. The van der Waals surface area contributed by atoms with Gasteiger partial charge in [0.05, 0.1) is 0 Å². The van der Waals surface area contributed by atoms with Crippen LogP contribution in [0.2, 0.25) is 0 Å². The van der Waals surface area contributed by atoms with Gasteiger partial charge in [0.1, 0.15) is 11.8 Å². The van der Waals surface area contributed by atoms with Crippen molar-refractivity contribution in [2.24, 2.45) is 0 Å². The molecule has 1 aliphatic rings. The van der Waals surface area contributed by atoms with Crippen molar-refractivity contribution in [1.82, 2.24) is 10.6 Å². The van der Waals surface area contributed by atoms with Crippen molar-refractivity contribution in [2.45, 2.75) is 45.0 Å². The van der Waals surface area contributed by atoms with Gasteiger partial charge in [-0.25, -0.2) is 9.18 Å². The zero-order valence-electron chi connectivity index (χ0n) is 9.88. The van der Waals surface area contributed by atoms with Crippen LogP contribution in [0.3, 0.4) is 0 Å². The van der Waals surface area contributed by atoms with Crippen LogP contribution in [0.25, 0.3) is 0 Å². The fraction of sp³-hybridized carbons (Fsp3) is 0.900. The van der Waals surface area contributed by atoms with Gasteiger partial charge in [0.15, 0.2) is 0 Å². The molecule has 0 aliphatic carbocycles. The minimum atomic E-state index is -0.796. The van der Waals surface area contributed by atoms with E-state index in [-0.39, 0.29) is 18.4 Å². The Bertz CT molecular complexity index is 233. The van der Waals surface area contributed by atoms with Crippen LogP contribution in [0.1, 0.15) is 27.2 Å². The van der Waals surface area contributed by atoms with Gasteiger partial charge in [-0.05, 0) is 27.2 Å². The Balaban J connectivity index is 0.00000225. The molecule has 0 spiro atoms. The lowest BCUT2D eigenvalue weighted by Gasteiger charge is -2.20. The first kappa shape index (κ1) is 15.4. The van der Waals surface area contributed by atoms with Crippen LogP contribution < -0.4 is 10.6 Å². The van der Waals surface area contributed by atoms with Crippen LogP contribution in [0, 0.1) is 0 Å². The molecule has 4 nitrogen and oxygen atoms in total. The Morgan fingerprint density at radius 3 is 2.62 bits per heavy atom. The van der Waals surface area contributed by atoms with E-state index in [0.29, 0.717) is 19.5 Å². The first-order chi connectivity index (χ1) is 6.87. The molecular weight excluding hydrogens is 235 g/mol. The summed E-state index contributed by atoms with van der Waals surface area (Å²) >= 11 is 0. The lowest BCUT2D eigenvalue weighted by Crippen LogP contribution is -2.39. The van der Waals surface area contributed by atoms with Gasteiger partial charge in [-0.2, -0.15) is 0 Å². The average Bonchev–Trinajstić information content (AvgIpc) is 2.45. The van der Waals surface area contributed by atoms with Crippen molar-refractivity contribution in [3.8, 4) is 0 Å². The fourth-order valence-electron chi connectivity index (χ4n) is 1.45. The van der Waals surface area contributed by atoms with Crippen molar-refractivity contribution in [2.75, 3.05) is 13.1 Å². The van der Waals surface area contributed by atoms with E-state index in [4.69, 9.17) is 4.74 Å². The van der Waals surface area contributed by atoms with Gasteiger partial charge < -0.3 is 15.4 Å². The maximum atomic E-state index is 12.8. The largest absolute Gasteiger partial charge is 0.444 e. The molecule has 16 heavy (non-hydrogen) atoms. The fourth-order valence-corrected chi connectivity index (χ4v) is 1.45. The first-order valence-corrected chi connectivity index (χ1v) is 5.21. The second kappa shape index (κ2) is 6.25. The molecule has 1 saturated heterocycles. The van der Waals surface area contributed by atoms with Gasteiger partial charge in [-0.3, -0.25) is 0 Å². The molecule has 0 aromatic heterocycles. The molecular formula is C10H20ClFN2O2. The summed E-state index contributed by atoms with van der Waals surface area (Å²) < 4.78 is 17.8. The highest BCUT2D eigenvalue weighted by Crippen LogP contribution is 2.10. The molecule has 0 aromatic carbocycles. The minimum Gasteiger partial charge on any atom is -0.444 e. The van der Waals surface area contributed by atoms with E-state index >= 15 is 0 Å². The van der Waals surface area contributed by atoms with Gasteiger partial charge in [0.2, 0.25) is 0 Å². The van der Waals surface area contributed by atoms with Crippen LogP contribution in [-0.4, -0.2) is 37.0 Å². The van der Waals surface area contributed by atoms with Gasteiger partial charge in [0.25, 0.3) is 0 Å². The van der Waals surface area contributed by atoms with E-state index in [1.165, 1.54) is 0 Å². The predicted octanol–water partition coefficient (Wildman–Crippen LogP) is 1.63. The third-order valence-corrected chi connectivity index (χ3v) is 2.06. The summed E-state index contributed by atoms with van der Waals surface area (Å²) in [6.07, 6.45) is -0.794. The SMILES string of the molecule is CC(C)(C)OC(=O)NCC1CC(F)CN1.Cl. The van der Waals surface area contributed by atoms with Gasteiger partial charge >= 0.3 is 6.09 Å². The predicted molar refractivity (Wildman–Crippen MR) is 62.8 cm³/mol. The molecule has 0 saturated carbocycles. The zero-order valence-corrected chi connectivity index (χ0v) is 10.7. The Morgan fingerprint density at radius 2 is 2.19 bits per heavy atom. The Hall–Kier alpha value is -0.550. The summed E-state index contributed by atoms with van der Waals surface area (Å²) in [6.45, 7) is 6.20. The molecule has 1 aliphatic heterocycles. The van der Waals surface area contributed by atoms with E-state index in [9.17, 15) is 9.18 Å². The molecule has 1 fully saturated rings. The molecule has 0 bridgehead atoms. The quantitative estimate of drug-likeness (QED) is 0.788. The molecule has 2 unspecified atom stereocenters. The van der Waals surface area contributed by atoms with Crippen LogP contribution in [-0.2, 0) is 4.74 Å². The third kappa shape index (κ3) is 6.12. The summed E-state index contributed by atoms with van der Waals surface area (Å²) in [7, 11) is 0. The monoisotopic (exact) mass is 254 g/mol. The van der Waals surface area contributed by atoms with Crippen LogP contribution in [0.4, 0.5) is 9.18 Å². The summed E-state index contributed by atoms with van der Waals surface area (Å²) in [5.74, 6) is 0. The number of halogens is 2. The summed E-state index contributed by atoms with van der Waals surface area (Å²) in [6, 6.07) is 0.0209. The molecule has 1 amide bonds. The molecule has 2 atom stereocenters. The third-order valence-electron chi connectivity index (χ3n) is 2.06. The number of hydrogen-bond donors (Lipinski definition) is 2. The number of hydrogen-bond acceptors (Lipinski definition) is 3. The summed E-state index contributed by atoms with van der Waals surface area (Å²) in [5.41, 5.74) is -0.490. The number of alkyl carbamates (subject to hydrolysis) is 1. The maximum absolute atomic E-state index is 12.8. The van der Waals surface area contributed by atoms with Crippen molar-refractivity contribution < 1.29 is 13.9 Å². The molecule has 96 valence electrons. The molecule has 1 rings (SSSR count). The Morgan fingerprint density at radius 1 is 1.56 bits per heavy atom. The van der Waals surface area contributed by atoms with Crippen LogP contribution in [0.15, 0.2) is 0 Å². The van der Waals surface area contributed by atoms with E-state index in [1.54, 1.807) is 20.8 Å². The van der Waals surface area contributed by atoms with Gasteiger partial charge in [-0.1, -0.05) is 0 Å². The van der Waals surface area contributed by atoms with Crippen molar-refractivity contribution >= 4 is 18.5 Å². The highest BCUT2D eigenvalue weighted by Gasteiger charge is 2.24.